The van der Waals surface area contributed by atoms with Gasteiger partial charge in [0.2, 0.25) is 0 Å². The molecule has 1 fully saturated rings. The average molecular weight is 231 g/mol. The van der Waals surface area contributed by atoms with E-state index in [1.165, 1.54) is 0 Å². The van der Waals surface area contributed by atoms with Crippen LogP contribution in [0.1, 0.15) is 27.2 Å². The van der Waals surface area contributed by atoms with Crippen LogP contribution in [0.4, 0.5) is 4.79 Å². The first-order valence-electron chi connectivity index (χ1n) is 5.58. The molecular weight excluding hydrogens is 210 g/mol. The van der Waals surface area contributed by atoms with Crippen molar-refractivity contribution in [1.29, 1.82) is 0 Å². The number of hydrogen-bond acceptors (Lipinski definition) is 4. The number of nitrogens with one attached hydrogen (secondary N) is 1. The predicted octanol–water partition coefficient (Wildman–Crippen LogP) is 0.500. The molecule has 0 spiro atoms. The van der Waals surface area contributed by atoms with Gasteiger partial charge in [0.1, 0.15) is 5.60 Å². The number of hydrogen-bond donors (Lipinski definition) is 3. The van der Waals surface area contributed by atoms with Crippen molar-refractivity contribution in [2.24, 2.45) is 11.8 Å². The molecule has 0 aromatic heterocycles. The van der Waals surface area contributed by atoms with Gasteiger partial charge in [-0.2, -0.15) is 0 Å². The molecule has 0 saturated heterocycles. The molecule has 0 heterocycles. The quantitative estimate of drug-likeness (QED) is 0.658. The van der Waals surface area contributed by atoms with Crippen LogP contribution in [0.2, 0.25) is 0 Å². The van der Waals surface area contributed by atoms with E-state index in [9.17, 15) is 4.79 Å². The van der Waals surface area contributed by atoms with Crippen LogP contribution in [0.25, 0.3) is 0 Å². The van der Waals surface area contributed by atoms with Crippen molar-refractivity contribution in [2.75, 3.05) is 13.2 Å². The summed E-state index contributed by atoms with van der Waals surface area (Å²) in [6.07, 6.45) is 0.326. The SMILES string of the molecule is CC(C)(C)OC(=O)NC(CO)[C@H]1C[C@@H]1CO. The van der Waals surface area contributed by atoms with Gasteiger partial charge in [0.25, 0.3) is 0 Å². The molecule has 0 aromatic rings. The van der Waals surface area contributed by atoms with E-state index in [0.29, 0.717) is 0 Å². The highest BCUT2D eigenvalue weighted by molar-refractivity contribution is 5.68. The zero-order valence-corrected chi connectivity index (χ0v) is 10.1. The number of carbonyl (C=O) groups is 1. The number of ether oxygens (including phenoxy) is 1. The second kappa shape index (κ2) is 5.01. The Morgan fingerprint density at radius 3 is 2.50 bits per heavy atom. The lowest BCUT2D eigenvalue weighted by Crippen LogP contribution is -2.42. The summed E-state index contributed by atoms with van der Waals surface area (Å²) in [7, 11) is 0. The summed E-state index contributed by atoms with van der Waals surface area (Å²) in [4.78, 5) is 11.4. The molecule has 1 aliphatic rings. The lowest BCUT2D eigenvalue weighted by Gasteiger charge is -2.22. The highest BCUT2D eigenvalue weighted by Crippen LogP contribution is 2.40. The Hall–Kier alpha value is -0.810. The molecule has 0 bridgehead atoms. The smallest absolute Gasteiger partial charge is 0.407 e. The van der Waals surface area contributed by atoms with Crippen LogP contribution in [0.3, 0.4) is 0 Å². The number of carbonyl (C=O) groups excluding carboxylic acids is 1. The van der Waals surface area contributed by atoms with Crippen LogP contribution in [-0.4, -0.2) is 41.2 Å². The number of aliphatic hydroxyl groups excluding tert-OH is 2. The summed E-state index contributed by atoms with van der Waals surface area (Å²) in [6, 6.07) is -0.313. The first-order chi connectivity index (χ1) is 7.37. The normalized spacial score (nSPS) is 26.1. The Morgan fingerprint density at radius 2 is 2.12 bits per heavy atom. The maximum atomic E-state index is 11.4. The van der Waals surface area contributed by atoms with Gasteiger partial charge in [0.15, 0.2) is 0 Å². The van der Waals surface area contributed by atoms with Crippen molar-refractivity contribution in [3.63, 3.8) is 0 Å². The van der Waals surface area contributed by atoms with Crippen LogP contribution in [0.5, 0.6) is 0 Å². The van der Waals surface area contributed by atoms with Crippen molar-refractivity contribution < 1.29 is 19.7 Å². The Labute approximate surface area is 95.8 Å². The third kappa shape index (κ3) is 3.98. The van der Waals surface area contributed by atoms with E-state index >= 15 is 0 Å². The van der Waals surface area contributed by atoms with Crippen molar-refractivity contribution in [2.45, 2.75) is 38.8 Å². The first-order valence-corrected chi connectivity index (χ1v) is 5.58. The minimum atomic E-state index is -0.538. The molecule has 0 radical (unpaired) electrons. The number of alkyl carbamates (subject to hydrolysis) is 1. The topological polar surface area (TPSA) is 78.8 Å². The Balaban J connectivity index is 2.37. The maximum absolute atomic E-state index is 11.4. The largest absolute Gasteiger partial charge is 0.444 e. The maximum Gasteiger partial charge on any atom is 0.407 e. The van der Waals surface area contributed by atoms with Gasteiger partial charge in [-0.05, 0) is 39.0 Å². The molecule has 1 unspecified atom stereocenters. The van der Waals surface area contributed by atoms with Crippen LogP contribution in [0, 0.1) is 11.8 Å². The molecule has 0 aromatic carbocycles. The third-order valence-electron chi connectivity index (χ3n) is 2.63. The highest BCUT2D eigenvalue weighted by Gasteiger charge is 2.43. The standard InChI is InChI=1S/C11H21NO4/c1-11(2,3)16-10(15)12-9(6-14)8-4-7(8)5-13/h7-9,13-14H,4-6H2,1-3H3,(H,12,15)/t7-,8+,9?/m1/s1. The molecule has 1 amide bonds. The van der Waals surface area contributed by atoms with Crippen molar-refractivity contribution in [1.82, 2.24) is 5.32 Å². The molecule has 3 N–H and O–H groups in total. The number of rotatable bonds is 4. The third-order valence-corrected chi connectivity index (χ3v) is 2.63. The summed E-state index contributed by atoms with van der Waals surface area (Å²) in [5.41, 5.74) is -0.538. The monoisotopic (exact) mass is 231 g/mol. The van der Waals surface area contributed by atoms with Gasteiger partial charge in [-0.1, -0.05) is 0 Å². The Morgan fingerprint density at radius 1 is 1.50 bits per heavy atom. The minimum Gasteiger partial charge on any atom is -0.444 e. The van der Waals surface area contributed by atoms with Crippen molar-refractivity contribution >= 4 is 6.09 Å². The van der Waals surface area contributed by atoms with Gasteiger partial charge < -0.3 is 20.3 Å². The molecule has 0 aliphatic heterocycles. The van der Waals surface area contributed by atoms with Crippen LogP contribution in [0.15, 0.2) is 0 Å². The molecule has 1 rings (SSSR count). The number of amides is 1. The van der Waals surface area contributed by atoms with Crippen LogP contribution < -0.4 is 5.32 Å². The van der Waals surface area contributed by atoms with Gasteiger partial charge in [-0.25, -0.2) is 4.79 Å². The predicted molar refractivity (Wildman–Crippen MR) is 58.9 cm³/mol. The summed E-state index contributed by atoms with van der Waals surface area (Å²) < 4.78 is 5.09. The van der Waals surface area contributed by atoms with Crippen LogP contribution >= 0.6 is 0 Å². The zero-order chi connectivity index (χ0) is 12.3. The summed E-state index contributed by atoms with van der Waals surface area (Å²) >= 11 is 0. The molecule has 1 saturated carbocycles. The van der Waals surface area contributed by atoms with Gasteiger partial charge in [-0.3, -0.25) is 0 Å². The summed E-state index contributed by atoms with van der Waals surface area (Å²) in [5.74, 6) is 0.370. The fourth-order valence-corrected chi connectivity index (χ4v) is 1.72. The summed E-state index contributed by atoms with van der Waals surface area (Å²) in [5, 5.41) is 20.7. The lowest BCUT2D eigenvalue weighted by atomic mass is 10.1. The first kappa shape index (κ1) is 13.3. The van der Waals surface area contributed by atoms with E-state index < -0.39 is 11.7 Å². The van der Waals surface area contributed by atoms with E-state index in [2.05, 4.69) is 5.32 Å². The molecular formula is C11H21NO4. The Kier molecular flexibility index (Phi) is 4.15. The average Bonchev–Trinajstić information content (AvgIpc) is 2.90. The molecule has 16 heavy (non-hydrogen) atoms. The van der Waals surface area contributed by atoms with E-state index in [0.717, 1.165) is 6.42 Å². The fourth-order valence-electron chi connectivity index (χ4n) is 1.72. The van der Waals surface area contributed by atoms with Crippen LogP contribution in [-0.2, 0) is 4.74 Å². The minimum absolute atomic E-state index is 0.108. The van der Waals surface area contributed by atoms with Gasteiger partial charge in [0.05, 0.1) is 12.6 Å². The molecule has 5 heteroatoms. The van der Waals surface area contributed by atoms with E-state index in [1.807, 2.05) is 0 Å². The molecule has 3 atom stereocenters. The van der Waals surface area contributed by atoms with Gasteiger partial charge in [0, 0.05) is 6.61 Å². The van der Waals surface area contributed by atoms with Crippen molar-refractivity contribution in [3.05, 3.63) is 0 Å². The van der Waals surface area contributed by atoms with E-state index in [-0.39, 0.29) is 31.1 Å². The highest BCUT2D eigenvalue weighted by atomic mass is 16.6. The van der Waals surface area contributed by atoms with E-state index in [4.69, 9.17) is 14.9 Å². The zero-order valence-electron chi connectivity index (χ0n) is 10.1. The molecule has 5 nitrogen and oxygen atoms in total. The fraction of sp³-hybridized carbons (Fsp3) is 0.909. The van der Waals surface area contributed by atoms with Crippen molar-refractivity contribution in [3.8, 4) is 0 Å². The summed E-state index contributed by atoms with van der Waals surface area (Å²) in [6.45, 7) is 5.34. The molecule has 1 aliphatic carbocycles. The van der Waals surface area contributed by atoms with E-state index in [1.54, 1.807) is 20.8 Å². The van der Waals surface area contributed by atoms with Gasteiger partial charge >= 0.3 is 6.09 Å². The second-order valence-electron chi connectivity index (χ2n) is 5.28. The lowest BCUT2D eigenvalue weighted by molar-refractivity contribution is 0.0469. The van der Waals surface area contributed by atoms with Gasteiger partial charge in [-0.15, -0.1) is 0 Å². The Bertz CT molecular complexity index is 249. The number of aliphatic hydroxyl groups is 2. The second-order valence-corrected chi connectivity index (χ2v) is 5.28. The molecule has 94 valence electrons.